The Hall–Kier alpha value is -2.10. The molecule has 4 heteroatoms. The van der Waals surface area contributed by atoms with Crippen LogP contribution in [0.2, 0.25) is 0 Å². The minimum atomic E-state index is -0.0758. The van der Waals surface area contributed by atoms with Crippen LogP contribution in [-0.2, 0) is 6.54 Å². The third kappa shape index (κ3) is 2.42. The monoisotopic (exact) mass is 244 g/mol. The summed E-state index contributed by atoms with van der Waals surface area (Å²) in [6.07, 6.45) is 0. The predicted molar refractivity (Wildman–Crippen MR) is 68.3 cm³/mol. The molecular weight excluding hydrogens is 228 g/mol. The first-order valence-corrected chi connectivity index (χ1v) is 5.85. The lowest BCUT2D eigenvalue weighted by Gasteiger charge is -2.07. The highest BCUT2D eigenvalue weighted by atomic mass is 16.5. The van der Waals surface area contributed by atoms with Crippen LogP contribution in [0.3, 0.4) is 0 Å². The van der Waals surface area contributed by atoms with Gasteiger partial charge in [0.25, 0.3) is 5.91 Å². The van der Waals surface area contributed by atoms with Crippen molar-refractivity contribution in [3.63, 3.8) is 0 Å². The Morgan fingerprint density at radius 2 is 2.00 bits per heavy atom. The van der Waals surface area contributed by atoms with Gasteiger partial charge in [-0.2, -0.15) is 0 Å². The molecule has 0 saturated carbocycles. The van der Waals surface area contributed by atoms with Gasteiger partial charge in [-0.3, -0.25) is 4.79 Å². The van der Waals surface area contributed by atoms with Crippen LogP contribution in [0.5, 0.6) is 0 Å². The van der Waals surface area contributed by atoms with E-state index in [1.807, 2.05) is 45.0 Å². The second-order valence-corrected chi connectivity index (χ2v) is 4.30. The molecule has 0 atom stereocenters. The van der Waals surface area contributed by atoms with Crippen LogP contribution in [0.4, 0.5) is 0 Å². The SMILES string of the molecule is Cc1ccccc1C(=O)NCc1c(C)noc1C. The predicted octanol–water partition coefficient (Wildman–Crippen LogP) is 2.53. The fourth-order valence-electron chi connectivity index (χ4n) is 1.85. The fraction of sp³-hybridized carbons (Fsp3) is 0.286. The molecular formula is C14H16N2O2. The number of rotatable bonds is 3. The Bertz CT molecular complexity index is 553. The quantitative estimate of drug-likeness (QED) is 0.902. The summed E-state index contributed by atoms with van der Waals surface area (Å²) in [6, 6.07) is 7.51. The molecule has 0 fully saturated rings. The van der Waals surface area contributed by atoms with E-state index >= 15 is 0 Å². The van der Waals surface area contributed by atoms with Gasteiger partial charge in [-0.25, -0.2) is 0 Å². The summed E-state index contributed by atoms with van der Waals surface area (Å²) in [5.74, 6) is 0.672. The number of aryl methyl sites for hydroxylation is 3. The summed E-state index contributed by atoms with van der Waals surface area (Å²) in [7, 11) is 0. The van der Waals surface area contributed by atoms with Gasteiger partial charge in [0.2, 0.25) is 0 Å². The van der Waals surface area contributed by atoms with Gasteiger partial charge in [0.15, 0.2) is 0 Å². The highest BCUT2D eigenvalue weighted by Crippen LogP contribution is 2.12. The number of nitrogens with zero attached hydrogens (tertiary/aromatic N) is 1. The molecule has 1 aromatic heterocycles. The molecule has 1 aromatic carbocycles. The third-order valence-electron chi connectivity index (χ3n) is 3.00. The van der Waals surface area contributed by atoms with Gasteiger partial charge in [-0.15, -0.1) is 0 Å². The number of nitrogens with one attached hydrogen (secondary N) is 1. The Balaban J connectivity index is 2.08. The van der Waals surface area contributed by atoms with Crippen LogP contribution in [0.15, 0.2) is 28.8 Å². The lowest BCUT2D eigenvalue weighted by molar-refractivity contribution is 0.0950. The van der Waals surface area contributed by atoms with Crippen LogP contribution in [0.1, 0.15) is 32.9 Å². The molecule has 2 rings (SSSR count). The van der Waals surface area contributed by atoms with E-state index in [2.05, 4.69) is 10.5 Å². The Morgan fingerprint density at radius 3 is 2.61 bits per heavy atom. The van der Waals surface area contributed by atoms with E-state index in [4.69, 9.17) is 4.52 Å². The van der Waals surface area contributed by atoms with E-state index in [-0.39, 0.29) is 5.91 Å². The summed E-state index contributed by atoms with van der Waals surface area (Å²) in [5.41, 5.74) is 3.42. The second-order valence-electron chi connectivity index (χ2n) is 4.30. The van der Waals surface area contributed by atoms with Gasteiger partial charge < -0.3 is 9.84 Å². The molecule has 0 bridgehead atoms. The van der Waals surface area contributed by atoms with E-state index < -0.39 is 0 Å². The van der Waals surface area contributed by atoms with Crippen molar-refractivity contribution in [1.82, 2.24) is 10.5 Å². The Kier molecular flexibility index (Phi) is 3.46. The number of hydrogen-bond acceptors (Lipinski definition) is 3. The normalized spacial score (nSPS) is 10.4. The zero-order chi connectivity index (χ0) is 13.1. The third-order valence-corrected chi connectivity index (χ3v) is 3.00. The lowest BCUT2D eigenvalue weighted by atomic mass is 10.1. The first kappa shape index (κ1) is 12.4. The number of amides is 1. The van der Waals surface area contributed by atoms with Crippen molar-refractivity contribution >= 4 is 5.91 Å². The van der Waals surface area contributed by atoms with Gasteiger partial charge in [0.05, 0.1) is 5.69 Å². The van der Waals surface area contributed by atoms with Crippen molar-refractivity contribution in [3.05, 3.63) is 52.4 Å². The van der Waals surface area contributed by atoms with Crippen LogP contribution in [0.25, 0.3) is 0 Å². The Morgan fingerprint density at radius 1 is 1.28 bits per heavy atom. The first-order valence-electron chi connectivity index (χ1n) is 5.85. The Labute approximate surface area is 106 Å². The summed E-state index contributed by atoms with van der Waals surface area (Å²) in [6.45, 7) is 6.07. The summed E-state index contributed by atoms with van der Waals surface area (Å²) in [4.78, 5) is 12.0. The molecule has 1 amide bonds. The van der Waals surface area contributed by atoms with Crippen molar-refractivity contribution < 1.29 is 9.32 Å². The molecule has 0 radical (unpaired) electrons. The molecule has 0 unspecified atom stereocenters. The van der Waals surface area contributed by atoms with E-state index in [9.17, 15) is 4.79 Å². The maximum Gasteiger partial charge on any atom is 0.251 e. The molecule has 4 nitrogen and oxygen atoms in total. The highest BCUT2D eigenvalue weighted by Gasteiger charge is 2.12. The van der Waals surface area contributed by atoms with E-state index in [1.54, 1.807) is 0 Å². The summed E-state index contributed by atoms with van der Waals surface area (Å²) >= 11 is 0. The van der Waals surface area contributed by atoms with Gasteiger partial charge >= 0.3 is 0 Å². The molecule has 18 heavy (non-hydrogen) atoms. The molecule has 0 aliphatic carbocycles. The number of benzene rings is 1. The van der Waals surface area contributed by atoms with Crippen molar-refractivity contribution in [2.45, 2.75) is 27.3 Å². The minimum absolute atomic E-state index is 0.0758. The van der Waals surface area contributed by atoms with Crippen LogP contribution >= 0.6 is 0 Å². The van der Waals surface area contributed by atoms with Crippen LogP contribution < -0.4 is 5.32 Å². The molecule has 1 heterocycles. The topological polar surface area (TPSA) is 55.1 Å². The molecule has 0 aliphatic rings. The number of aromatic nitrogens is 1. The zero-order valence-corrected chi connectivity index (χ0v) is 10.8. The van der Waals surface area contributed by atoms with Gasteiger partial charge in [0, 0.05) is 17.7 Å². The molecule has 0 aliphatic heterocycles. The van der Waals surface area contributed by atoms with Crippen molar-refractivity contribution in [1.29, 1.82) is 0 Å². The second kappa shape index (κ2) is 5.04. The maximum absolute atomic E-state index is 12.0. The van der Waals surface area contributed by atoms with Gasteiger partial charge in [-0.05, 0) is 32.4 Å². The fourth-order valence-corrected chi connectivity index (χ4v) is 1.85. The molecule has 2 aromatic rings. The first-order chi connectivity index (χ1) is 8.59. The molecule has 1 N–H and O–H groups in total. The number of hydrogen-bond donors (Lipinski definition) is 1. The number of carbonyl (C=O) groups excluding carboxylic acids is 1. The highest BCUT2D eigenvalue weighted by molar-refractivity contribution is 5.95. The molecule has 94 valence electrons. The summed E-state index contributed by atoms with van der Waals surface area (Å²) < 4.78 is 5.06. The standard InChI is InChI=1S/C14H16N2O2/c1-9-6-4-5-7-12(9)14(17)15-8-13-10(2)16-18-11(13)3/h4-7H,8H2,1-3H3,(H,15,17). The van der Waals surface area contributed by atoms with E-state index in [0.29, 0.717) is 12.1 Å². The van der Waals surface area contributed by atoms with E-state index in [0.717, 1.165) is 22.6 Å². The maximum atomic E-state index is 12.0. The van der Waals surface area contributed by atoms with E-state index in [1.165, 1.54) is 0 Å². The van der Waals surface area contributed by atoms with Crippen molar-refractivity contribution in [2.75, 3.05) is 0 Å². The molecule has 0 spiro atoms. The summed E-state index contributed by atoms with van der Waals surface area (Å²) in [5, 5.41) is 6.74. The van der Waals surface area contributed by atoms with Gasteiger partial charge in [-0.1, -0.05) is 23.4 Å². The zero-order valence-electron chi connectivity index (χ0n) is 10.8. The average molecular weight is 244 g/mol. The van der Waals surface area contributed by atoms with Crippen LogP contribution in [0, 0.1) is 20.8 Å². The molecule has 0 saturated heterocycles. The number of carbonyl (C=O) groups is 1. The minimum Gasteiger partial charge on any atom is -0.361 e. The van der Waals surface area contributed by atoms with Crippen molar-refractivity contribution in [2.24, 2.45) is 0 Å². The lowest BCUT2D eigenvalue weighted by Crippen LogP contribution is -2.24. The average Bonchev–Trinajstić information content (AvgIpc) is 2.67. The smallest absolute Gasteiger partial charge is 0.251 e. The largest absolute Gasteiger partial charge is 0.361 e. The van der Waals surface area contributed by atoms with Crippen LogP contribution in [-0.4, -0.2) is 11.1 Å². The van der Waals surface area contributed by atoms with Crippen molar-refractivity contribution in [3.8, 4) is 0 Å². The van der Waals surface area contributed by atoms with Gasteiger partial charge in [0.1, 0.15) is 5.76 Å².